The van der Waals surface area contributed by atoms with Crippen molar-refractivity contribution in [2.45, 2.75) is 26.3 Å². The summed E-state index contributed by atoms with van der Waals surface area (Å²) in [5.74, 6) is 0.571. The highest BCUT2D eigenvalue weighted by atomic mass is 16.2. The molecule has 3 heteroatoms. The summed E-state index contributed by atoms with van der Waals surface area (Å²) < 4.78 is 0. The van der Waals surface area contributed by atoms with Crippen LogP contribution >= 0.6 is 0 Å². The molecule has 1 amide bonds. The van der Waals surface area contributed by atoms with E-state index in [1.165, 1.54) is 5.56 Å². The van der Waals surface area contributed by atoms with Crippen LogP contribution < -0.4 is 4.90 Å². The summed E-state index contributed by atoms with van der Waals surface area (Å²) in [5.41, 5.74) is 2.52. The summed E-state index contributed by atoms with van der Waals surface area (Å²) in [6, 6.07) is 20.9. The molecule has 3 nitrogen and oxygen atoms in total. The fourth-order valence-electron chi connectivity index (χ4n) is 3.77. The first-order valence-corrected chi connectivity index (χ1v) is 9.36. The second-order valence-corrected chi connectivity index (χ2v) is 7.37. The standard InChI is InChI=1S/C22H28N2O/c1-18(2)21(20-11-7-4-8-12-20)22(25)24-15-13-23(14-16-24)17-19-9-5-3-6-10-19/h3-12,18,21H,13-17H2,1-2H3/p+1/t21-/m1/s1. The molecule has 0 spiro atoms. The zero-order valence-electron chi connectivity index (χ0n) is 15.3. The van der Waals surface area contributed by atoms with E-state index in [2.05, 4.69) is 61.2 Å². The first-order valence-electron chi connectivity index (χ1n) is 9.36. The average molecular weight is 337 g/mol. The van der Waals surface area contributed by atoms with Crippen LogP contribution in [0.1, 0.15) is 30.9 Å². The Bertz CT molecular complexity index is 661. The van der Waals surface area contributed by atoms with Crippen molar-refractivity contribution in [2.75, 3.05) is 26.2 Å². The molecule has 2 aromatic carbocycles. The summed E-state index contributed by atoms with van der Waals surface area (Å²) >= 11 is 0. The molecule has 1 saturated heterocycles. The van der Waals surface area contributed by atoms with Crippen LogP contribution in [0.2, 0.25) is 0 Å². The number of quaternary nitrogens is 1. The molecule has 132 valence electrons. The van der Waals surface area contributed by atoms with Crippen LogP contribution in [0.25, 0.3) is 0 Å². The fraction of sp³-hybridized carbons (Fsp3) is 0.409. The number of carbonyl (C=O) groups is 1. The van der Waals surface area contributed by atoms with E-state index in [0.717, 1.165) is 38.3 Å². The van der Waals surface area contributed by atoms with E-state index in [-0.39, 0.29) is 5.92 Å². The maximum Gasteiger partial charge on any atom is 0.230 e. The van der Waals surface area contributed by atoms with Crippen molar-refractivity contribution < 1.29 is 9.69 Å². The molecule has 0 unspecified atom stereocenters. The second-order valence-electron chi connectivity index (χ2n) is 7.37. The number of piperazine rings is 1. The molecule has 0 aromatic heterocycles. The lowest BCUT2D eigenvalue weighted by Crippen LogP contribution is -3.13. The lowest BCUT2D eigenvalue weighted by molar-refractivity contribution is -0.917. The van der Waals surface area contributed by atoms with Gasteiger partial charge in [0.05, 0.1) is 32.1 Å². The number of hydrogen-bond acceptors (Lipinski definition) is 1. The van der Waals surface area contributed by atoms with Crippen molar-refractivity contribution >= 4 is 5.91 Å². The molecule has 0 radical (unpaired) electrons. The fourth-order valence-corrected chi connectivity index (χ4v) is 3.77. The lowest BCUT2D eigenvalue weighted by atomic mass is 9.87. The van der Waals surface area contributed by atoms with Crippen LogP contribution in [0, 0.1) is 5.92 Å². The van der Waals surface area contributed by atoms with Gasteiger partial charge in [0.1, 0.15) is 6.54 Å². The number of nitrogens with one attached hydrogen (secondary N) is 1. The van der Waals surface area contributed by atoms with Crippen molar-refractivity contribution in [1.82, 2.24) is 4.90 Å². The Morgan fingerprint density at radius 2 is 1.52 bits per heavy atom. The van der Waals surface area contributed by atoms with Gasteiger partial charge in [-0.2, -0.15) is 0 Å². The third kappa shape index (κ3) is 4.49. The molecule has 0 saturated carbocycles. The van der Waals surface area contributed by atoms with Crippen LogP contribution in [0.4, 0.5) is 0 Å². The minimum absolute atomic E-state index is 0.0307. The predicted molar refractivity (Wildman–Crippen MR) is 101 cm³/mol. The molecule has 1 heterocycles. The molecule has 1 aliphatic heterocycles. The van der Waals surface area contributed by atoms with Gasteiger partial charge in [0, 0.05) is 5.56 Å². The number of benzene rings is 2. The van der Waals surface area contributed by atoms with Crippen LogP contribution in [0.15, 0.2) is 60.7 Å². The molecule has 1 atom stereocenters. The summed E-state index contributed by atoms with van der Waals surface area (Å²) in [4.78, 5) is 16.8. The minimum Gasteiger partial charge on any atom is -0.331 e. The van der Waals surface area contributed by atoms with Crippen molar-refractivity contribution in [2.24, 2.45) is 5.92 Å². The topological polar surface area (TPSA) is 24.8 Å². The Balaban J connectivity index is 1.60. The van der Waals surface area contributed by atoms with E-state index in [0.29, 0.717) is 11.8 Å². The highest BCUT2D eigenvalue weighted by Crippen LogP contribution is 2.26. The van der Waals surface area contributed by atoms with Crippen LogP contribution in [-0.2, 0) is 11.3 Å². The Labute approximate surface area is 151 Å². The Hall–Kier alpha value is -2.13. The van der Waals surface area contributed by atoms with Crippen LogP contribution in [-0.4, -0.2) is 37.0 Å². The van der Waals surface area contributed by atoms with E-state index >= 15 is 0 Å². The Morgan fingerprint density at radius 3 is 2.08 bits per heavy atom. The molecule has 1 N–H and O–H groups in total. The Morgan fingerprint density at radius 1 is 0.960 bits per heavy atom. The predicted octanol–water partition coefficient (Wildman–Crippen LogP) is 2.35. The summed E-state index contributed by atoms with van der Waals surface area (Å²) in [7, 11) is 0. The third-order valence-corrected chi connectivity index (χ3v) is 5.17. The summed E-state index contributed by atoms with van der Waals surface area (Å²) in [5, 5.41) is 0. The SMILES string of the molecule is CC(C)[C@@H](C(=O)N1CC[NH+](Cc2ccccc2)CC1)c1ccccc1. The van der Waals surface area contributed by atoms with Gasteiger partial charge in [-0.25, -0.2) is 0 Å². The van der Waals surface area contributed by atoms with Gasteiger partial charge in [0.25, 0.3) is 0 Å². The van der Waals surface area contributed by atoms with Gasteiger partial charge in [-0.05, 0) is 11.5 Å². The molecule has 1 aliphatic rings. The largest absolute Gasteiger partial charge is 0.331 e. The number of amides is 1. The van der Waals surface area contributed by atoms with E-state index in [1.807, 2.05) is 18.2 Å². The second kappa shape index (κ2) is 8.30. The zero-order valence-corrected chi connectivity index (χ0v) is 15.3. The van der Waals surface area contributed by atoms with Crippen molar-refractivity contribution in [3.05, 3.63) is 71.8 Å². The van der Waals surface area contributed by atoms with Gasteiger partial charge in [-0.3, -0.25) is 4.79 Å². The average Bonchev–Trinajstić information content (AvgIpc) is 2.64. The van der Waals surface area contributed by atoms with Gasteiger partial charge in [-0.1, -0.05) is 74.5 Å². The van der Waals surface area contributed by atoms with Crippen molar-refractivity contribution in [3.8, 4) is 0 Å². The molecule has 0 bridgehead atoms. The van der Waals surface area contributed by atoms with Gasteiger partial charge >= 0.3 is 0 Å². The van der Waals surface area contributed by atoms with Crippen LogP contribution in [0.3, 0.4) is 0 Å². The van der Waals surface area contributed by atoms with E-state index < -0.39 is 0 Å². The molecular formula is C22H29N2O+. The highest BCUT2D eigenvalue weighted by Gasteiger charge is 2.31. The number of rotatable bonds is 5. The highest BCUT2D eigenvalue weighted by molar-refractivity contribution is 5.84. The monoisotopic (exact) mass is 337 g/mol. The third-order valence-electron chi connectivity index (χ3n) is 5.17. The van der Waals surface area contributed by atoms with Gasteiger partial charge in [0.15, 0.2) is 0 Å². The summed E-state index contributed by atoms with van der Waals surface area (Å²) in [6.07, 6.45) is 0. The van der Waals surface area contributed by atoms with E-state index in [1.54, 1.807) is 4.90 Å². The lowest BCUT2D eigenvalue weighted by Gasteiger charge is -2.35. The normalized spacial score (nSPS) is 16.8. The minimum atomic E-state index is -0.0307. The summed E-state index contributed by atoms with van der Waals surface area (Å²) in [6.45, 7) is 9.11. The molecule has 0 aliphatic carbocycles. The molecular weight excluding hydrogens is 308 g/mol. The molecule has 2 aromatic rings. The quantitative estimate of drug-likeness (QED) is 0.890. The van der Waals surface area contributed by atoms with Gasteiger partial charge in [-0.15, -0.1) is 0 Å². The maximum atomic E-state index is 13.1. The van der Waals surface area contributed by atoms with Gasteiger partial charge < -0.3 is 9.80 Å². The van der Waals surface area contributed by atoms with E-state index in [9.17, 15) is 4.79 Å². The molecule has 25 heavy (non-hydrogen) atoms. The maximum absolute atomic E-state index is 13.1. The number of hydrogen-bond donors (Lipinski definition) is 1. The number of nitrogens with zero attached hydrogens (tertiary/aromatic N) is 1. The van der Waals surface area contributed by atoms with Crippen molar-refractivity contribution in [3.63, 3.8) is 0 Å². The number of carbonyl (C=O) groups excluding carboxylic acids is 1. The smallest absolute Gasteiger partial charge is 0.230 e. The zero-order chi connectivity index (χ0) is 17.6. The van der Waals surface area contributed by atoms with E-state index in [4.69, 9.17) is 0 Å². The van der Waals surface area contributed by atoms with Gasteiger partial charge in [0.2, 0.25) is 5.91 Å². The Kier molecular flexibility index (Phi) is 5.87. The van der Waals surface area contributed by atoms with Crippen LogP contribution in [0.5, 0.6) is 0 Å². The first kappa shape index (κ1) is 17.7. The van der Waals surface area contributed by atoms with Crippen molar-refractivity contribution in [1.29, 1.82) is 0 Å². The molecule has 1 fully saturated rings. The first-order chi connectivity index (χ1) is 12.1. The molecule has 3 rings (SSSR count).